The molecule has 0 atom stereocenters. The molecule has 0 aliphatic heterocycles. The van der Waals surface area contributed by atoms with E-state index in [1.807, 2.05) is 6.07 Å². The molecule has 2 aromatic rings. The SMILES string of the molecule is CCOC(=O)c1c2c(nn1Cc1ccc(C)c(C)c1)C(=O)CCC2. The van der Waals surface area contributed by atoms with Crippen LogP contribution in [0, 0.1) is 13.8 Å². The zero-order chi connectivity index (χ0) is 17.3. The fraction of sp³-hybridized carbons (Fsp3) is 0.421. The number of esters is 1. The van der Waals surface area contributed by atoms with E-state index in [0.717, 1.165) is 17.5 Å². The van der Waals surface area contributed by atoms with Crippen LogP contribution >= 0.6 is 0 Å². The van der Waals surface area contributed by atoms with Gasteiger partial charge in [-0.2, -0.15) is 5.10 Å². The summed E-state index contributed by atoms with van der Waals surface area (Å²) in [7, 11) is 0. The molecule has 1 aromatic carbocycles. The van der Waals surface area contributed by atoms with E-state index in [-0.39, 0.29) is 5.78 Å². The van der Waals surface area contributed by atoms with E-state index in [2.05, 4.69) is 31.1 Å². The molecule has 126 valence electrons. The van der Waals surface area contributed by atoms with Crippen LogP contribution in [-0.4, -0.2) is 28.1 Å². The van der Waals surface area contributed by atoms with Gasteiger partial charge in [-0.25, -0.2) is 4.79 Å². The van der Waals surface area contributed by atoms with Crippen molar-refractivity contribution in [3.8, 4) is 0 Å². The first kappa shape index (κ1) is 16.4. The average molecular weight is 326 g/mol. The molecule has 3 rings (SSSR count). The maximum Gasteiger partial charge on any atom is 0.356 e. The first-order valence-corrected chi connectivity index (χ1v) is 8.37. The number of hydrogen-bond donors (Lipinski definition) is 0. The van der Waals surface area contributed by atoms with Crippen LogP contribution in [0.3, 0.4) is 0 Å². The molecule has 1 aromatic heterocycles. The van der Waals surface area contributed by atoms with Gasteiger partial charge in [0.1, 0.15) is 5.69 Å². The molecule has 1 aliphatic rings. The molecule has 0 bridgehead atoms. The van der Waals surface area contributed by atoms with Gasteiger partial charge in [0.15, 0.2) is 11.5 Å². The van der Waals surface area contributed by atoms with E-state index in [4.69, 9.17) is 4.74 Å². The largest absolute Gasteiger partial charge is 0.461 e. The summed E-state index contributed by atoms with van der Waals surface area (Å²) in [6.45, 7) is 6.66. The number of fused-ring (bicyclic) bond motifs is 1. The van der Waals surface area contributed by atoms with E-state index in [0.29, 0.717) is 37.4 Å². The summed E-state index contributed by atoms with van der Waals surface area (Å²) < 4.78 is 6.83. The van der Waals surface area contributed by atoms with Crippen LogP contribution in [0.2, 0.25) is 0 Å². The number of carbonyl (C=O) groups excluding carboxylic acids is 2. The van der Waals surface area contributed by atoms with Gasteiger partial charge in [-0.05, 0) is 50.3 Å². The average Bonchev–Trinajstić information content (AvgIpc) is 2.91. The van der Waals surface area contributed by atoms with Crippen LogP contribution < -0.4 is 0 Å². The van der Waals surface area contributed by atoms with Crippen molar-refractivity contribution in [2.45, 2.75) is 46.6 Å². The third kappa shape index (κ3) is 2.98. The van der Waals surface area contributed by atoms with Gasteiger partial charge in [0.25, 0.3) is 0 Å². The quantitative estimate of drug-likeness (QED) is 0.809. The fourth-order valence-corrected chi connectivity index (χ4v) is 3.12. The van der Waals surface area contributed by atoms with Gasteiger partial charge >= 0.3 is 5.97 Å². The molecule has 24 heavy (non-hydrogen) atoms. The molecule has 0 amide bonds. The van der Waals surface area contributed by atoms with E-state index in [1.165, 1.54) is 11.1 Å². The van der Waals surface area contributed by atoms with Crippen LogP contribution in [0.4, 0.5) is 0 Å². The van der Waals surface area contributed by atoms with Gasteiger partial charge in [-0.3, -0.25) is 9.48 Å². The number of nitrogens with zero attached hydrogens (tertiary/aromatic N) is 2. The van der Waals surface area contributed by atoms with Crippen molar-refractivity contribution in [3.63, 3.8) is 0 Å². The topological polar surface area (TPSA) is 61.2 Å². The number of hydrogen-bond acceptors (Lipinski definition) is 4. The second kappa shape index (κ2) is 6.59. The summed E-state index contributed by atoms with van der Waals surface area (Å²) in [6.07, 6.45) is 1.95. The zero-order valence-electron chi connectivity index (χ0n) is 14.4. The number of benzene rings is 1. The van der Waals surface area contributed by atoms with Crippen molar-refractivity contribution in [1.82, 2.24) is 9.78 Å². The molecule has 0 radical (unpaired) electrons. The van der Waals surface area contributed by atoms with Crippen LogP contribution in [0.25, 0.3) is 0 Å². The van der Waals surface area contributed by atoms with E-state index < -0.39 is 5.97 Å². The monoisotopic (exact) mass is 326 g/mol. The third-order valence-corrected chi connectivity index (χ3v) is 4.52. The molecule has 0 N–H and O–H groups in total. The first-order valence-electron chi connectivity index (χ1n) is 8.37. The summed E-state index contributed by atoms with van der Waals surface area (Å²) in [5.41, 5.74) is 5.08. The second-order valence-electron chi connectivity index (χ2n) is 6.25. The maximum absolute atomic E-state index is 12.4. The molecule has 1 aliphatic carbocycles. The van der Waals surface area contributed by atoms with Crippen molar-refractivity contribution in [2.24, 2.45) is 0 Å². The Balaban J connectivity index is 2.04. The highest BCUT2D eigenvalue weighted by Gasteiger charge is 2.30. The van der Waals surface area contributed by atoms with Crippen molar-refractivity contribution in [3.05, 3.63) is 51.8 Å². The molecule has 0 spiro atoms. The van der Waals surface area contributed by atoms with Crippen LogP contribution in [-0.2, 0) is 17.7 Å². The minimum Gasteiger partial charge on any atom is -0.461 e. The zero-order valence-corrected chi connectivity index (χ0v) is 14.4. The lowest BCUT2D eigenvalue weighted by Gasteiger charge is -2.11. The molecular formula is C19H22N2O3. The lowest BCUT2D eigenvalue weighted by molar-refractivity contribution is 0.0511. The van der Waals surface area contributed by atoms with Crippen molar-refractivity contribution < 1.29 is 14.3 Å². The minimum atomic E-state index is -0.398. The molecule has 0 saturated heterocycles. The van der Waals surface area contributed by atoms with Crippen LogP contribution in [0.1, 0.15) is 63.0 Å². The number of Topliss-reactive ketones (excluding diaryl/α,β-unsaturated/α-hetero) is 1. The Morgan fingerprint density at radius 2 is 2.04 bits per heavy atom. The Morgan fingerprint density at radius 1 is 1.25 bits per heavy atom. The predicted octanol–water partition coefficient (Wildman–Crippen LogP) is 3.24. The number of ketones is 1. The molecule has 5 nitrogen and oxygen atoms in total. The highest BCUT2D eigenvalue weighted by Crippen LogP contribution is 2.25. The van der Waals surface area contributed by atoms with Gasteiger partial charge < -0.3 is 4.74 Å². The van der Waals surface area contributed by atoms with Gasteiger partial charge in [0, 0.05) is 12.0 Å². The van der Waals surface area contributed by atoms with E-state index in [1.54, 1.807) is 11.6 Å². The molecule has 1 heterocycles. The summed E-state index contributed by atoms with van der Waals surface area (Å²) in [6, 6.07) is 6.18. The van der Waals surface area contributed by atoms with Crippen molar-refractivity contribution in [2.75, 3.05) is 6.61 Å². The Hall–Kier alpha value is -2.43. The highest BCUT2D eigenvalue weighted by molar-refractivity contribution is 6.00. The number of ether oxygens (including phenoxy) is 1. The third-order valence-electron chi connectivity index (χ3n) is 4.52. The molecule has 0 saturated carbocycles. The van der Waals surface area contributed by atoms with Crippen molar-refractivity contribution in [1.29, 1.82) is 0 Å². The highest BCUT2D eigenvalue weighted by atomic mass is 16.5. The van der Waals surface area contributed by atoms with Gasteiger partial charge in [0.05, 0.1) is 13.2 Å². The Bertz CT molecular complexity index is 805. The van der Waals surface area contributed by atoms with E-state index in [9.17, 15) is 9.59 Å². The second-order valence-corrected chi connectivity index (χ2v) is 6.25. The van der Waals surface area contributed by atoms with Crippen LogP contribution in [0.15, 0.2) is 18.2 Å². The maximum atomic E-state index is 12.4. The Morgan fingerprint density at radius 3 is 2.75 bits per heavy atom. The van der Waals surface area contributed by atoms with Crippen LogP contribution in [0.5, 0.6) is 0 Å². The molecule has 0 unspecified atom stereocenters. The number of aromatic nitrogens is 2. The van der Waals surface area contributed by atoms with Gasteiger partial charge in [-0.15, -0.1) is 0 Å². The minimum absolute atomic E-state index is 0.0145. The summed E-state index contributed by atoms with van der Waals surface area (Å²) in [4.78, 5) is 24.6. The standard InChI is InChI=1S/C19H22N2O3/c1-4-24-19(23)18-15-6-5-7-16(22)17(15)20-21(18)11-14-9-8-12(2)13(3)10-14/h8-10H,4-7,11H2,1-3H3. The summed E-state index contributed by atoms with van der Waals surface area (Å²) >= 11 is 0. The lowest BCUT2D eigenvalue weighted by atomic mass is 9.95. The number of carbonyl (C=O) groups is 2. The smallest absolute Gasteiger partial charge is 0.356 e. The number of rotatable bonds is 4. The lowest BCUT2D eigenvalue weighted by Crippen LogP contribution is -2.16. The van der Waals surface area contributed by atoms with E-state index >= 15 is 0 Å². The van der Waals surface area contributed by atoms with Gasteiger partial charge in [-0.1, -0.05) is 18.2 Å². The Kier molecular flexibility index (Phi) is 4.51. The number of aryl methyl sites for hydroxylation is 2. The summed E-state index contributed by atoms with van der Waals surface area (Å²) in [5, 5.41) is 4.45. The fourth-order valence-electron chi connectivity index (χ4n) is 3.12. The predicted molar refractivity (Wildman–Crippen MR) is 90.5 cm³/mol. The van der Waals surface area contributed by atoms with Gasteiger partial charge in [0.2, 0.25) is 0 Å². The molecule has 5 heteroatoms. The Labute approximate surface area is 141 Å². The normalized spacial score (nSPS) is 13.7. The molecule has 0 fully saturated rings. The summed E-state index contributed by atoms with van der Waals surface area (Å²) in [5.74, 6) is -0.384. The first-order chi connectivity index (χ1) is 11.5. The molecular weight excluding hydrogens is 304 g/mol. The van der Waals surface area contributed by atoms with Crippen molar-refractivity contribution >= 4 is 11.8 Å².